The first-order chi connectivity index (χ1) is 11.7. The fourth-order valence-corrected chi connectivity index (χ4v) is 3.09. The van der Waals surface area contributed by atoms with Crippen molar-refractivity contribution < 1.29 is 7.24 Å². The van der Waals surface area contributed by atoms with E-state index in [1.807, 2.05) is 0 Å². The lowest BCUT2D eigenvalue weighted by molar-refractivity contribution is 0.603. The third-order valence-corrected chi connectivity index (χ3v) is 4.37. The predicted molar refractivity (Wildman–Crippen MR) is 95.8 cm³/mol. The van der Waals surface area contributed by atoms with Gasteiger partial charge in [-0.05, 0) is 25.5 Å². The zero-order valence-electron chi connectivity index (χ0n) is 12.8. The fourth-order valence-electron chi connectivity index (χ4n) is 2.93. The summed E-state index contributed by atoms with van der Waals surface area (Å²) in [4.78, 5) is 15.7. The van der Waals surface area contributed by atoms with Gasteiger partial charge in [0.2, 0.25) is 0 Å². The van der Waals surface area contributed by atoms with Crippen molar-refractivity contribution in [2.24, 2.45) is 0 Å². The van der Waals surface area contributed by atoms with E-state index in [0.29, 0.717) is 29.1 Å². The second-order valence-corrected chi connectivity index (χ2v) is 6.25. The van der Waals surface area contributed by atoms with Gasteiger partial charge in [-0.1, -0.05) is 11.6 Å². The van der Waals surface area contributed by atoms with E-state index in [1.54, 1.807) is 18.5 Å². The number of aromatic amines is 1. The minimum atomic E-state index is -0.465. The van der Waals surface area contributed by atoms with Gasteiger partial charge in [-0.15, -0.1) is 0 Å². The highest BCUT2D eigenvalue weighted by Gasteiger charge is 2.16. The van der Waals surface area contributed by atoms with Crippen molar-refractivity contribution in [3.8, 4) is 11.4 Å². The van der Waals surface area contributed by atoms with Crippen LogP contribution in [0, 0.1) is 5.82 Å². The Morgan fingerprint density at radius 2 is 2.29 bits per heavy atom. The van der Waals surface area contributed by atoms with Crippen molar-refractivity contribution in [3.63, 3.8) is 0 Å². The lowest BCUT2D eigenvalue weighted by Crippen LogP contribution is -2.29. The summed E-state index contributed by atoms with van der Waals surface area (Å²) >= 11 is 6.02. The molecule has 0 aromatic carbocycles. The average Bonchev–Trinajstić information content (AvgIpc) is 3.23. The molecule has 0 aliphatic carbocycles. The summed E-state index contributed by atoms with van der Waals surface area (Å²) in [7, 11) is 0. The molecule has 1 saturated heterocycles. The number of H-pyrrole nitrogens is 1. The highest BCUT2D eigenvalue weighted by Crippen LogP contribution is 2.28. The number of halogens is 2. The van der Waals surface area contributed by atoms with Crippen LogP contribution < -0.4 is 10.6 Å². The number of hydrogen-bond donors (Lipinski definition) is 3. The van der Waals surface area contributed by atoms with E-state index in [2.05, 4.69) is 30.6 Å². The summed E-state index contributed by atoms with van der Waals surface area (Å²) in [6.45, 7) is 1.64. The van der Waals surface area contributed by atoms with Crippen LogP contribution in [0.2, 0.25) is 5.02 Å². The van der Waals surface area contributed by atoms with E-state index >= 15 is 0 Å². The molecule has 1 aliphatic heterocycles. The molecule has 0 saturated carbocycles. The Hall–Kier alpha value is -2.25. The highest BCUT2D eigenvalue weighted by molar-refractivity contribution is 6.31. The summed E-state index contributed by atoms with van der Waals surface area (Å²) in [5.41, 5.74) is 1.43. The summed E-state index contributed by atoms with van der Waals surface area (Å²) in [6, 6.07) is 2.14. The molecule has 0 spiro atoms. The maximum absolute atomic E-state index is 14.0. The van der Waals surface area contributed by atoms with Crippen LogP contribution >= 0.6 is 11.6 Å². The van der Waals surface area contributed by atoms with Crippen LogP contribution in [0.5, 0.6) is 0 Å². The van der Waals surface area contributed by atoms with Gasteiger partial charge in [0.1, 0.15) is 5.65 Å². The van der Waals surface area contributed by atoms with Gasteiger partial charge in [-0.25, -0.2) is 19.3 Å². The van der Waals surface area contributed by atoms with Crippen LogP contribution in [0.3, 0.4) is 0 Å². The molecule has 1 unspecified atom stereocenters. The van der Waals surface area contributed by atoms with Crippen LogP contribution in [-0.2, 0) is 0 Å². The van der Waals surface area contributed by atoms with Crippen LogP contribution in [0.4, 0.5) is 10.2 Å². The maximum atomic E-state index is 14.0. The topological polar surface area (TPSA) is 78.5 Å². The van der Waals surface area contributed by atoms with Crippen molar-refractivity contribution >= 4 is 28.5 Å². The van der Waals surface area contributed by atoms with E-state index in [4.69, 9.17) is 11.6 Å². The number of anilines is 1. The molecule has 3 aromatic heterocycles. The molecule has 1 fully saturated rings. The first-order valence-corrected chi connectivity index (χ1v) is 8.21. The van der Waals surface area contributed by atoms with Crippen molar-refractivity contribution in [2.75, 3.05) is 18.4 Å². The van der Waals surface area contributed by atoms with E-state index in [1.165, 1.54) is 6.20 Å². The predicted octanol–water partition coefficient (Wildman–Crippen LogP) is 3.47. The Balaban J connectivity index is 0.00000121. The van der Waals surface area contributed by atoms with Gasteiger partial charge in [0, 0.05) is 38.8 Å². The smallest absolute Gasteiger partial charge is 0.183 e. The number of hydrogen-bond acceptors (Lipinski definition) is 5. The number of rotatable bonds is 4. The molecular weight excluding hydrogens is 331 g/mol. The van der Waals surface area contributed by atoms with Crippen molar-refractivity contribution in [1.82, 2.24) is 25.3 Å². The van der Waals surface area contributed by atoms with Crippen LogP contribution in [0.1, 0.15) is 15.7 Å². The normalized spacial score (nSPS) is 17.5. The van der Waals surface area contributed by atoms with E-state index in [0.717, 1.165) is 30.3 Å². The molecule has 0 bridgehead atoms. The summed E-state index contributed by atoms with van der Waals surface area (Å²) < 4.78 is 14.0. The molecule has 128 valence electrons. The summed E-state index contributed by atoms with van der Waals surface area (Å²) in [5.74, 6) is 0.166. The molecule has 4 heterocycles. The standard InChI is InChI=1S/C16H16ClFN6.2H2/c17-9-4-11-12(7-22-14(11)20-5-9)15-23-8-13(18)16(24-15)21-6-10-2-1-3-19-10;;/h4-5,7-8,10,19H,1-3,6H2,(H,20,22)(H,21,23,24);2*1H. The molecule has 0 amide bonds. The van der Waals surface area contributed by atoms with Gasteiger partial charge in [-0.2, -0.15) is 0 Å². The zero-order valence-corrected chi connectivity index (χ0v) is 13.6. The van der Waals surface area contributed by atoms with Gasteiger partial charge in [-0.3, -0.25) is 0 Å². The number of fused-ring (bicyclic) bond motifs is 1. The minimum absolute atomic E-state index is 0. The lowest BCUT2D eigenvalue weighted by atomic mass is 10.2. The first-order valence-electron chi connectivity index (χ1n) is 7.83. The second kappa shape index (κ2) is 6.33. The molecule has 3 aromatic rings. The van der Waals surface area contributed by atoms with Gasteiger partial charge in [0.25, 0.3) is 0 Å². The molecule has 8 heteroatoms. The van der Waals surface area contributed by atoms with Crippen LogP contribution in [-0.4, -0.2) is 39.1 Å². The van der Waals surface area contributed by atoms with Crippen molar-refractivity contribution in [1.29, 1.82) is 0 Å². The van der Waals surface area contributed by atoms with E-state index in [9.17, 15) is 4.39 Å². The maximum Gasteiger partial charge on any atom is 0.183 e. The Kier molecular flexibility index (Phi) is 4.03. The Labute approximate surface area is 145 Å². The third kappa shape index (κ3) is 2.92. The highest BCUT2D eigenvalue weighted by atomic mass is 35.5. The lowest BCUT2D eigenvalue weighted by Gasteiger charge is -2.12. The molecule has 4 rings (SSSR count). The molecule has 1 aliphatic rings. The SMILES string of the molecule is Fc1cnc(-c2c[nH]c3ncc(Cl)cc23)nc1NCC1CCCN1.[HH].[HH]. The number of pyridine rings is 1. The monoisotopic (exact) mass is 350 g/mol. The summed E-state index contributed by atoms with van der Waals surface area (Å²) in [5, 5.41) is 7.77. The van der Waals surface area contributed by atoms with Gasteiger partial charge in [0.05, 0.1) is 11.2 Å². The van der Waals surface area contributed by atoms with E-state index in [-0.39, 0.29) is 8.67 Å². The molecule has 3 N–H and O–H groups in total. The zero-order chi connectivity index (χ0) is 16.5. The van der Waals surface area contributed by atoms with Gasteiger partial charge in [0.15, 0.2) is 17.5 Å². The molecule has 1 atom stereocenters. The number of nitrogens with zero attached hydrogens (tertiary/aromatic N) is 3. The fraction of sp³-hybridized carbons (Fsp3) is 0.312. The Bertz CT molecular complexity index is 884. The first kappa shape index (κ1) is 15.3. The van der Waals surface area contributed by atoms with Crippen molar-refractivity contribution in [3.05, 3.63) is 35.5 Å². The molecule has 24 heavy (non-hydrogen) atoms. The van der Waals surface area contributed by atoms with E-state index < -0.39 is 5.82 Å². The molecule has 6 nitrogen and oxygen atoms in total. The second-order valence-electron chi connectivity index (χ2n) is 5.82. The minimum Gasteiger partial charge on any atom is -0.366 e. The third-order valence-electron chi connectivity index (χ3n) is 4.16. The van der Waals surface area contributed by atoms with Crippen LogP contribution in [0.15, 0.2) is 24.7 Å². The van der Waals surface area contributed by atoms with Gasteiger partial charge < -0.3 is 15.6 Å². The van der Waals surface area contributed by atoms with Crippen molar-refractivity contribution in [2.45, 2.75) is 18.9 Å². The number of nitrogens with one attached hydrogen (secondary N) is 3. The van der Waals surface area contributed by atoms with Gasteiger partial charge >= 0.3 is 0 Å². The number of aromatic nitrogens is 4. The quantitative estimate of drug-likeness (QED) is 0.671. The summed E-state index contributed by atoms with van der Waals surface area (Å²) in [6.07, 6.45) is 6.73. The molecular formula is C16H20ClFN6. The Morgan fingerprint density at radius 3 is 3.12 bits per heavy atom. The average molecular weight is 351 g/mol. The Morgan fingerprint density at radius 1 is 1.38 bits per heavy atom. The largest absolute Gasteiger partial charge is 0.366 e. The molecule has 0 radical (unpaired) electrons. The van der Waals surface area contributed by atoms with Crippen LogP contribution in [0.25, 0.3) is 22.4 Å².